The summed E-state index contributed by atoms with van der Waals surface area (Å²) >= 11 is 0. The molecule has 3 heteroatoms. The van der Waals surface area contributed by atoms with Crippen molar-refractivity contribution in [2.24, 2.45) is 0 Å². The van der Waals surface area contributed by atoms with E-state index in [1.54, 1.807) is 6.07 Å². The van der Waals surface area contributed by atoms with Crippen LogP contribution in [-0.2, 0) is 9.47 Å². The van der Waals surface area contributed by atoms with Gasteiger partial charge in [0.05, 0.1) is 11.7 Å². The van der Waals surface area contributed by atoms with Gasteiger partial charge in [0, 0.05) is 0 Å². The average molecular weight is 204 g/mol. The summed E-state index contributed by atoms with van der Waals surface area (Å²) in [4.78, 5) is 0. The van der Waals surface area contributed by atoms with E-state index >= 15 is 0 Å². The average Bonchev–Trinajstić information content (AvgIpc) is 2.45. The highest BCUT2D eigenvalue weighted by molar-refractivity contribution is 5.60. The molecule has 15 heavy (non-hydrogen) atoms. The van der Waals surface area contributed by atoms with Gasteiger partial charge in [-0.2, -0.15) is 0 Å². The summed E-state index contributed by atoms with van der Waals surface area (Å²) in [6, 6.07) is 5.42. The Morgan fingerprint density at radius 2 is 2.13 bits per heavy atom. The third-order valence-electron chi connectivity index (χ3n) is 2.90. The van der Waals surface area contributed by atoms with Crippen LogP contribution in [0.3, 0.4) is 0 Å². The van der Waals surface area contributed by atoms with E-state index in [9.17, 15) is 5.11 Å². The Morgan fingerprint density at radius 1 is 1.27 bits per heavy atom. The van der Waals surface area contributed by atoms with Gasteiger partial charge in [-0.15, -0.1) is 0 Å². The maximum atomic E-state index is 9.79. The van der Waals surface area contributed by atoms with Gasteiger partial charge < -0.3 is 14.6 Å². The summed E-state index contributed by atoms with van der Waals surface area (Å²) in [7, 11) is 0. The van der Waals surface area contributed by atoms with E-state index in [-0.39, 0.29) is 18.0 Å². The molecule has 2 bridgehead atoms. The summed E-state index contributed by atoms with van der Waals surface area (Å²) < 4.78 is 11.3. The molecule has 0 amide bonds. The number of hydrogen-bond donors (Lipinski definition) is 1. The lowest BCUT2D eigenvalue weighted by Crippen LogP contribution is -2.15. The van der Waals surface area contributed by atoms with Crippen molar-refractivity contribution in [2.45, 2.75) is 25.4 Å². The normalized spacial score (nSPS) is 32.5. The number of rotatable bonds is 0. The first kappa shape index (κ1) is 8.95. The third-order valence-corrected chi connectivity index (χ3v) is 2.90. The van der Waals surface area contributed by atoms with Gasteiger partial charge in [-0.3, -0.25) is 0 Å². The maximum absolute atomic E-state index is 9.79. The van der Waals surface area contributed by atoms with Crippen LogP contribution in [-0.4, -0.2) is 17.3 Å². The minimum absolute atomic E-state index is 0.0122. The summed E-state index contributed by atoms with van der Waals surface area (Å²) in [6.07, 6.45) is 3.56. The van der Waals surface area contributed by atoms with Gasteiger partial charge in [0.15, 0.2) is 6.29 Å². The second kappa shape index (κ2) is 3.08. The number of ether oxygens (including phenoxy) is 2. The lowest BCUT2D eigenvalue weighted by atomic mass is 10.0. The van der Waals surface area contributed by atoms with Crippen molar-refractivity contribution in [2.75, 3.05) is 0 Å². The Balaban J connectivity index is 2.15. The van der Waals surface area contributed by atoms with Crippen molar-refractivity contribution in [1.29, 1.82) is 0 Å². The molecule has 2 aliphatic heterocycles. The molecule has 3 nitrogen and oxygen atoms in total. The number of aromatic hydroxyl groups is 1. The highest BCUT2D eigenvalue weighted by Crippen LogP contribution is 2.40. The molecule has 0 saturated carbocycles. The Bertz CT molecular complexity index is 425. The molecular formula is C12H12O3. The highest BCUT2D eigenvalue weighted by Gasteiger charge is 2.36. The SMILES string of the molecule is C[C@@H]1OC2OC1C=Cc1cccc(O)c12. The predicted octanol–water partition coefficient (Wildman–Crippen LogP) is 2.22. The summed E-state index contributed by atoms with van der Waals surface area (Å²) in [5.41, 5.74) is 1.70. The molecule has 2 heterocycles. The molecule has 1 aromatic carbocycles. The van der Waals surface area contributed by atoms with Gasteiger partial charge in [0.25, 0.3) is 0 Å². The fraction of sp³-hybridized carbons (Fsp3) is 0.333. The zero-order valence-corrected chi connectivity index (χ0v) is 8.38. The number of fused-ring (bicyclic) bond motifs is 4. The van der Waals surface area contributed by atoms with Crippen molar-refractivity contribution < 1.29 is 14.6 Å². The molecule has 1 N–H and O–H groups in total. The standard InChI is InChI=1S/C12H12O3/c1-7-10-6-5-8-3-2-4-9(13)11(8)12(14-7)15-10/h2-7,10,12-13H,1H3/t7-,10?,12?/m0/s1. The van der Waals surface area contributed by atoms with E-state index in [1.807, 2.05) is 31.2 Å². The summed E-state index contributed by atoms with van der Waals surface area (Å²) in [6.45, 7) is 1.97. The molecule has 78 valence electrons. The molecule has 0 aromatic heterocycles. The van der Waals surface area contributed by atoms with E-state index in [2.05, 4.69) is 0 Å². The third kappa shape index (κ3) is 1.28. The van der Waals surface area contributed by atoms with E-state index in [1.165, 1.54) is 0 Å². The van der Waals surface area contributed by atoms with Crippen molar-refractivity contribution in [3.8, 4) is 5.75 Å². The van der Waals surface area contributed by atoms with Crippen LogP contribution in [0.4, 0.5) is 0 Å². The van der Waals surface area contributed by atoms with Gasteiger partial charge in [0.1, 0.15) is 11.9 Å². The lowest BCUT2D eigenvalue weighted by molar-refractivity contribution is -0.0634. The smallest absolute Gasteiger partial charge is 0.189 e. The monoisotopic (exact) mass is 204 g/mol. The van der Waals surface area contributed by atoms with Crippen LogP contribution in [0, 0.1) is 0 Å². The predicted molar refractivity (Wildman–Crippen MR) is 55.3 cm³/mol. The molecule has 0 radical (unpaired) electrons. The zero-order chi connectivity index (χ0) is 10.4. The quantitative estimate of drug-likeness (QED) is 0.704. The topological polar surface area (TPSA) is 38.7 Å². The van der Waals surface area contributed by atoms with Gasteiger partial charge >= 0.3 is 0 Å². The van der Waals surface area contributed by atoms with Gasteiger partial charge in [-0.05, 0) is 18.6 Å². The van der Waals surface area contributed by atoms with E-state index in [0.29, 0.717) is 0 Å². The van der Waals surface area contributed by atoms with Crippen LogP contribution in [0.1, 0.15) is 24.3 Å². The Hall–Kier alpha value is -1.32. The first-order valence-electron chi connectivity index (χ1n) is 5.07. The number of benzene rings is 1. The second-order valence-electron chi connectivity index (χ2n) is 3.91. The van der Waals surface area contributed by atoms with E-state index in [0.717, 1.165) is 11.1 Å². The van der Waals surface area contributed by atoms with Crippen molar-refractivity contribution in [1.82, 2.24) is 0 Å². The molecule has 3 rings (SSSR count). The van der Waals surface area contributed by atoms with Crippen molar-refractivity contribution >= 4 is 6.08 Å². The minimum Gasteiger partial charge on any atom is -0.507 e. The van der Waals surface area contributed by atoms with Crippen LogP contribution in [0.25, 0.3) is 6.08 Å². The van der Waals surface area contributed by atoms with Crippen LogP contribution in [0.2, 0.25) is 0 Å². The molecule has 1 fully saturated rings. The minimum atomic E-state index is -0.434. The molecule has 2 unspecified atom stereocenters. The largest absolute Gasteiger partial charge is 0.507 e. The van der Waals surface area contributed by atoms with Crippen molar-refractivity contribution in [3.63, 3.8) is 0 Å². The van der Waals surface area contributed by atoms with E-state index < -0.39 is 6.29 Å². The Labute approximate surface area is 87.9 Å². The molecule has 0 spiro atoms. The second-order valence-corrected chi connectivity index (χ2v) is 3.91. The van der Waals surface area contributed by atoms with Crippen LogP contribution < -0.4 is 0 Å². The zero-order valence-electron chi connectivity index (χ0n) is 8.38. The molecule has 2 aliphatic rings. The van der Waals surface area contributed by atoms with Gasteiger partial charge in [-0.25, -0.2) is 0 Å². The van der Waals surface area contributed by atoms with Gasteiger partial charge in [0.2, 0.25) is 0 Å². The molecule has 0 aliphatic carbocycles. The van der Waals surface area contributed by atoms with Crippen molar-refractivity contribution in [3.05, 3.63) is 35.4 Å². The first-order valence-corrected chi connectivity index (χ1v) is 5.07. The summed E-state index contributed by atoms with van der Waals surface area (Å²) in [5, 5.41) is 9.79. The molecule has 1 saturated heterocycles. The number of phenolic OH excluding ortho intramolecular Hbond substituents is 1. The maximum Gasteiger partial charge on any atom is 0.189 e. The van der Waals surface area contributed by atoms with Crippen LogP contribution in [0.15, 0.2) is 24.3 Å². The Kier molecular flexibility index (Phi) is 1.84. The lowest BCUT2D eigenvalue weighted by Gasteiger charge is -2.14. The van der Waals surface area contributed by atoms with Crippen LogP contribution in [0.5, 0.6) is 5.75 Å². The van der Waals surface area contributed by atoms with Crippen LogP contribution >= 0.6 is 0 Å². The fourth-order valence-corrected chi connectivity index (χ4v) is 2.07. The molecule has 3 atom stereocenters. The Morgan fingerprint density at radius 3 is 3.00 bits per heavy atom. The first-order chi connectivity index (χ1) is 7.25. The highest BCUT2D eigenvalue weighted by atomic mass is 16.7. The number of hydrogen-bond acceptors (Lipinski definition) is 3. The fourth-order valence-electron chi connectivity index (χ4n) is 2.07. The summed E-state index contributed by atoms with van der Waals surface area (Å²) in [5.74, 6) is 0.233. The molecular weight excluding hydrogens is 192 g/mol. The molecule has 1 aromatic rings. The van der Waals surface area contributed by atoms with Gasteiger partial charge in [-0.1, -0.05) is 24.3 Å². The number of phenols is 1. The van der Waals surface area contributed by atoms with E-state index in [4.69, 9.17) is 9.47 Å².